The number of carbonyl (C=O) groups excluding carboxylic acids is 3. The van der Waals surface area contributed by atoms with Crippen LogP contribution in [0.2, 0.25) is 0 Å². The highest BCUT2D eigenvalue weighted by Crippen LogP contribution is 2.18. The molecule has 2 aromatic rings. The minimum absolute atomic E-state index is 0.0941. The van der Waals surface area contributed by atoms with Gasteiger partial charge >= 0.3 is 5.97 Å². The second kappa shape index (κ2) is 17.1. The lowest BCUT2D eigenvalue weighted by atomic mass is 10.0. The molecule has 3 amide bonds. The van der Waals surface area contributed by atoms with Gasteiger partial charge in [0.15, 0.2) is 0 Å². The van der Waals surface area contributed by atoms with E-state index in [1.165, 1.54) is 6.92 Å². The van der Waals surface area contributed by atoms with Gasteiger partial charge in [0.25, 0.3) is 0 Å². The van der Waals surface area contributed by atoms with E-state index in [-0.39, 0.29) is 31.4 Å². The van der Waals surface area contributed by atoms with E-state index in [1.807, 2.05) is 55.5 Å². The van der Waals surface area contributed by atoms with Gasteiger partial charge in [-0.25, -0.2) is 0 Å². The van der Waals surface area contributed by atoms with Gasteiger partial charge in [0.05, 0.1) is 19.3 Å². The third kappa shape index (κ3) is 11.5. The van der Waals surface area contributed by atoms with Crippen molar-refractivity contribution < 1.29 is 33.8 Å². The largest absolute Gasteiger partial charge is 0.493 e. The van der Waals surface area contributed by atoms with Crippen LogP contribution in [0.3, 0.4) is 0 Å². The fraction of sp³-hybridized carbons (Fsp3) is 0.484. The highest BCUT2D eigenvalue weighted by molar-refractivity contribution is 5.92. The number of hydrogen-bond donors (Lipinski definition) is 5. The molecule has 0 aliphatic carbocycles. The number of aryl methyl sites for hydroxylation is 2. The SMILES string of the molecule is CC(=O)N[C@@H](CCC(=O)O)C(=O)N[C@@H](CCc1ccccc1)C(=O)NCc1cc(OCCC2CNCCO2)ccc1C. The number of ether oxygens (including phenoxy) is 2. The summed E-state index contributed by atoms with van der Waals surface area (Å²) in [7, 11) is 0. The normalized spacial score (nSPS) is 16.1. The van der Waals surface area contributed by atoms with Crippen molar-refractivity contribution >= 4 is 23.7 Å². The number of rotatable bonds is 16. The van der Waals surface area contributed by atoms with Crippen LogP contribution in [-0.2, 0) is 36.9 Å². The Kier molecular flexibility index (Phi) is 13.3. The van der Waals surface area contributed by atoms with Gasteiger partial charge in [0, 0.05) is 39.4 Å². The van der Waals surface area contributed by atoms with Crippen molar-refractivity contribution in [3.8, 4) is 5.75 Å². The van der Waals surface area contributed by atoms with Crippen LogP contribution in [0.4, 0.5) is 0 Å². The molecule has 1 aliphatic rings. The maximum absolute atomic E-state index is 13.4. The Morgan fingerprint density at radius 1 is 1.05 bits per heavy atom. The van der Waals surface area contributed by atoms with E-state index in [2.05, 4.69) is 21.3 Å². The number of carboxylic acids is 1. The molecular formula is C31H42N4O7. The Morgan fingerprint density at radius 3 is 2.50 bits per heavy atom. The number of carbonyl (C=O) groups is 4. The quantitative estimate of drug-likeness (QED) is 0.201. The Morgan fingerprint density at radius 2 is 1.81 bits per heavy atom. The first-order valence-corrected chi connectivity index (χ1v) is 14.4. The van der Waals surface area contributed by atoms with E-state index in [0.29, 0.717) is 31.8 Å². The lowest BCUT2D eigenvalue weighted by Gasteiger charge is -2.23. The number of carboxylic acid groups (broad SMARTS) is 1. The van der Waals surface area contributed by atoms with Gasteiger partial charge in [-0.05, 0) is 55.0 Å². The summed E-state index contributed by atoms with van der Waals surface area (Å²) in [5.41, 5.74) is 2.86. The summed E-state index contributed by atoms with van der Waals surface area (Å²) in [4.78, 5) is 49.2. The second-order valence-corrected chi connectivity index (χ2v) is 10.4. The molecular weight excluding hydrogens is 540 g/mol. The van der Waals surface area contributed by atoms with E-state index in [0.717, 1.165) is 36.2 Å². The average Bonchev–Trinajstić information content (AvgIpc) is 2.98. The number of amides is 3. The van der Waals surface area contributed by atoms with Crippen LogP contribution in [0.1, 0.15) is 49.3 Å². The predicted octanol–water partition coefficient (Wildman–Crippen LogP) is 1.86. The molecule has 42 heavy (non-hydrogen) atoms. The zero-order valence-corrected chi connectivity index (χ0v) is 24.3. The van der Waals surface area contributed by atoms with Crippen LogP contribution in [0.5, 0.6) is 5.75 Å². The third-order valence-electron chi connectivity index (χ3n) is 7.02. The van der Waals surface area contributed by atoms with Crippen molar-refractivity contribution in [2.45, 2.75) is 70.7 Å². The topological polar surface area (TPSA) is 155 Å². The van der Waals surface area contributed by atoms with Crippen LogP contribution in [0.15, 0.2) is 48.5 Å². The fourth-order valence-corrected chi connectivity index (χ4v) is 4.63. The molecule has 1 heterocycles. The van der Waals surface area contributed by atoms with E-state index in [1.54, 1.807) is 0 Å². The lowest BCUT2D eigenvalue weighted by molar-refractivity contribution is -0.138. The van der Waals surface area contributed by atoms with E-state index in [4.69, 9.17) is 14.6 Å². The number of aliphatic carboxylic acids is 1. The first-order chi connectivity index (χ1) is 20.2. The molecule has 0 radical (unpaired) electrons. The minimum Gasteiger partial charge on any atom is -0.493 e. The van der Waals surface area contributed by atoms with Crippen molar-refractivity contribution in [1.82, 2.24) is 21.3 Å². The van der Waals surface area contributed by atoms with Crippen molar-refractivity contribution in [2.24, 2.45) is 0 Å². The zero-order valence-electron chi connectivity index (χ0n) is 24.3. The summed E-state index contributed by atoms with van der Waals surface area (Å²) in [6.45, 7) is 6.30. The first-order valence-electron chi connectivity index (χ1n) is 14.4. The molecule has 0 spiro atoms. The Bertz CT molecular complexity index is 1190. The monoisotopic (exact) mass is 582 g/mol. The number of hydrogen-bond acceptors (Lipinski definition) is 7. The Balaban J connectivity index is 1.63. The smallest absolute Gasteiger partial charge is 0.303 e. The number of morpholine rings is 1. The molecule has 0 bridgehead atoms. The fourth-order valence-electron chi connectivity index (χ4n) is 4.63. The molecule has 0 saturated carbocycles. The second-order valence-electron chi connectivity index (χ2n) is 10.4. The highest BCUT2D eigenvalue weighted by Gasteiger charge is 2.27. The highest BCUT2D eigenvalue weighted by atomic mass is 16.5. The van der Waals surface area contributed by atoms with Crippen LogP contribution >= 0.6 is 0 Å². The van der Waals surface area contributed by atoms with Crippen LogP contribution in [0.25, 0.3) is 0 Å². The van der Waals surface area contributed by atoms with Crippen molar-refractivity contribution in [1.29, 1.82) is 0 Å². The van der Waals surface area contributed by atoms with Gasteiger partial charge in [0.2, 0.25) is 17.7 Å². The molecule has 11 heteroatoms. The molecule has 11 nitrogen and oxygen atoms in total. The number of benzene rings is 2. The van der Waals surface area contributed by atoms with Gasteiger partial charge < -0.3 is 35.8 Å². The van der Waals surface area contributed by atoms with E-state index in [9.17, 15) is 19.2 Å². The molecule has 1 unspecified atom stereocenters. The molecule has 3 atom stereocenters. The molecule has 1 saturated heterocycles. The van der Waals surface area contributed by atoms with Crippen molar-refractivity contribution in [3.63, 3.8) is 0 Å². The molecule has 0 aromatic heterocycles. The lowest BCUT2D eigenvalue weighted by Crippen LogP contribution is -2.53. The predicted molar refractivity (Wildman–Crippen MR) is 157 cm³/mol. The molecule has 2 aromatic carbocycles. The third-order valence-corrected chi connectivity index (χ3v) is 7.02. The summed E-state index contributed by atoms with van der Waals surface area (Å²) in [6.07, 6.45) is 1.34. The minimum atomic E-state index is -1.09. The molecule has 1 aliphatic heterocycles. The summed E-state index contributed by atoms with van der Waals surface area (Å²) in [5.74, 6) is -1.85. The first kappa shape index (κ1) is 32.6. The standard InChI is InChI=1S/C31H42N4O7/c1-21-8-10-25(41-16-14-26-20-32-15-17-42-26)18-24(21)19-33-30(39)27(11-9-23-6-4-3-5-7-23)35-31(40)28(34-22(2)36)12-13-29(37)38/h3-8,10,18,26-28,32H,9,11-17,19-20H2,1-2H3,(H,33,39)(H,34,36)(H,35,40)(H,37,38)/t26?,27-,28-/m0/s1. The summed E-state index contributed by atoms with van der Waals surface area (Å²) >= 11 is 0. The van der Waals surface area contributed by atoms with Gasteiger partial charge in [0.1, 0.15) is 17.8 Å². The molecule has 228 valence electrons. The maximum Gasteiger partial charge on any atom is 0.303 e. The summed E-state index contributed by atoms with van der Waals surface area (Å²) in [6, 6.07) is 13.3. The van der Waals surface area contributed by atoms with Crippen LogP contribution in [0, 0.1) is 6.92 Å². The van der Waals surface area contributed by atoms with Crippen molar-refractivity contribution in [2.75, 3.05) is 26.3 Å². The maximum atomic E-state index is 13.4. The summed E-state index contributed by atoms with van der Waals surface area (Å²) < 4.78 is 11.7. The van der Waals surface area contributed by atoms with Gasteiger partial charge in [-0.2, -0.15) is 0 Å². The van der Waals surface area contributed by atoms with E-state index < -0.39 is 29.9 Å². The van der Waals surface area contributed by atoms with Crippen molar-refractivity contribution in [3.05, 3.63) is 65.2 Å². The van der Waals surface area contributed by atoms with Gasteiger partial charge in [-0.3, -0.25) is 19.2 Å². The molecule has 3 rings (SSSR count). The van der Waals surface area contributed by atoms with Gasteiger partial charge in [-0.1, -0.05) is 36.4 Å². The Labute approximate surface area is 246 Å². The summed E-state index contributed by atoms with van der Waals surface area (Å²) in [5, 5.41) is 20.5. The van der Waals surface area contributed by atoms with Gasteiger partial charge in [-0.15, -0.1) is 0 Å². The number of nitrogens with one attached hydrogen (secondary N) is 4. The Hall–Kier alpha value is -3.96. The van der Waals surface area contributed by atoms with Crippen LogP contribution < -0.4 is 26.0 Å². The molecule has 1 fully saturated rings. The zero-order chi connectivity index (χ0) is 30.3. The van der Waals surface area contributed by atoms with Crippen LogP contribution in [-0.4, -0.2) is 73.3 Å². The van der Waals surface area contributed by atoms with E-state index >= 15 is 0 Å². The molecule has 5 N–H and O–H groups in total. The average molecular weight is 583 g/mol.